The molecule has 0 aliphatic carbocycles. The van der Waals surface area contributed by atoms with Crippen molar-refractivity contribution in [1.29, 1.82) is 0 Å². The number of benzene rings is 1. The highest BCUT2D eigenvalue weighted by molar-refractivity contribution is 5.63. The van der Waals surface area contributed by atoms with Gasteiger partial charge in [0, 0.05) is 18.7 Å². The fourth-order valence-corrected chi connectivity index (χ4v) is 1.49. The minimum atomic E-state index is -0.477. The van der Waals surface area contributed by atoms with E-state index in [9.17, 15) is 10.1 Å². The summed E-state index contributed by atoms with van der Waals surface area (Å²) in [4.78, 5) is 10.3. The standard InChI is InChI=1S/C11H16N2O4/c1-8(4-5-14)12-10-6-9(7-15)2-3-11(10)13(16)17/h2-3,6,8,12,14-15H,4-5,7H2,1H3. The number of anilines is 1. The van der Waals surface area contributed by atoms with E-state index in [2.05, 4.69) is 5.32 Å². The SMILES string of the molecule is CC(CCO)Nc1cc(CO)ccc1[N+](=O)[O-]. The van der Waals surface area contributed by atoms with Crippen LogP contribution in [-0.4, -0.2) is 27.8 Å². The number of hydrogen-bond acceptors (Lipinski definition) is 5. The van der Waals surface area contributed by atoms with Gasteiger partial charge < -0.3 is 15.5 Å². The van der Waals surface area contributed by atoms with Crippen molar-refractivity contribution < 1.29 is 15.1 Å². The molecule has 0 saturated carbocycles. The second-order valence-electron chi connectivity index (χ2n) is 3.82. The predicted octanol–water partition coefficient (Wildman–Crippen LogP) is 1.27. The van der Waals surface area contributed by atoms with Crippen molar-refractivity contribution in [1.82, 2.24) is 0 Å². The fourth-order valence-electron chi connectivity index (χ4n) is 1.49. The van der Waals surface area contributed by atoms with Crippen molar-refractivity contribution in [3.05, 3.63) is 33.9 Å². The summed E-state index contributed by atoms with van der Waals surface area (Å²) < 4.78 is 0. The summed E-state index contributed by atoms with van der Waals surface area (Å²) in [5.74, 6) is 0. The number of aliphatic hydroxyl groups excluding tert-OH is 2. The monoisotopic (exact) mass is 240 g/mol. The summed E-state index contributed by atoms with van der Waals surface area (Å²) in [7, 11) is 0. The first-order valence-electron chi connectivity index (χ1n) is 5.34. The summed E-state index contributed by atoms with van der Waals surface area (Å²) in [5.41, 5.74) is 0.934. The molecule has 94 valence electrons. The highest BCUT2D eigenvalue weighted by Gasteiger charge is 2.15. The molecule has 1 unspecified atom stereocenters. The molecule has 0 radical (unpaired) electrons. The molecule has 17 heavy (non-hydrogen) atoms. The van der Waals surface area contributed by atoms with Gasteiger partial charge in [0.2, 0.25) is 0 Å². The minimum Gasteiger partial charge on any atom is -0.396 e. The summed E-state index contributed by atoms with van der Waals surface area (Å²) in [5, 5.41) is 31.5. The van der Waals surface area contributed by atoms with Crippen LogP contribution in [0.2, 0.25) is 0 Å². The van der Waals surface area contributed by atoms with Crippen LogP contribution in [-0.2, 0) is 6.61 Å². The average Bonchev–Trinajstić information content (AvgIpc) is 2.28. The van der Waals surface area contributed by atoms with Crippen LogP contribution in [0.4, 0.5) is 11.4 Å². The van der Waals surface area contributed by atoms with Gasteiger partial charge in [0.25, 0.3) is 5.69 Å². The molecular formula is C11H16N2O4. The Labute approximate surface area is 99.0 Å². The molecule has 0 aromatic heterocycles. The van der Waals surface area contributed by atoms with Gasteiger partial charge in [-0.15, -0.1) is 0 Å². The molecule has 0 aliphatic heterocycles. The van der Waals surface area contributed by atoms with E-state index < -0.39 is 4.92 Å². The Morgan fingerprint density at radius 3 is 2.71 bits per heavy atom. The summed E-state index contributed by atoms with van der Waals surface area (Å²) in [6, 6.07) is 4.35. The molecule has 0 bridgehead atoms. The molecule has 6 heteroatoms. The average molecular weight is 240 g/mol. The molecule has 1 atom stereocenters. The lowest BCUT2D eigenvalue weighted by molar-refractivity contribution is -0.384. The van der Waals surface area contributed by atoms with Gasteiger partial charge in [0.1, 0.15) is 5.69 Å². The van der Waals surface area contributed by atoms with Crippen molar-refractivity contribution in [3.63, 3.8) is 0 Å². The van der Waals surface area contributed by atoms with Crippen LogP contribution in [0.25, 0.3) is 0 Å². The number of hydrogen-bond donors (Lipinski definition) is 3. The van der Waals surface area contributed by atoms with E-state index in [1.807, 2.05) is 6.92 Å². The van der Waals surface area contributed by atoms with Crippen LogP contribution in [0.5, 0.6) is 0 Å². The summed E-state index contributed by atoms with van der Waals surface area (Å²) in [6.45, 7) is 1.67. The summed E-state index contributed by atoms with van der Waals surface area (Å²) >= 11 is 0. The number of aliphatic hydroxyl groups is 2. The Morgan fingerprint density at radius 2 is 2.18 bits per heavy atom. The first kappa shape index (κ1) is 13.4. The third kappa shape index (κ3) is 3.69. The maximum absolute atomic E-state index is 10.8. The molecule has 6 nitrogen and oxygen atoms in total. The maximum Gasteiger partial charge on any atom is 0.292 e. The molecule has 1 aromatic carbocycles. The molecule has 0 aliphatic rings. The maximum atomic E-state index is 10.8. The third-order valence-electron chi connectivity index (χ3n) is 2.40. The lowest BCUT2D eigenvalue weighted by Crippen LogP contribution is -2.17. The first-order chi connectivity index (χ1) is 8.08. The molecule has 0 heterocycles. The Balaban J connectivity index is 2.96. The van der Waals surface area contributed by atoms with Crippen molar-refractivity contribution in [3.8, 4) is 0 Å². The van der Waals surface area contributed by atoms with E-state index in [0.717, 1.165) is 0 Å². The van der Waals surface area contributed by atoms with Crippen molar-refractivity contribution in [2.75, 3.05) is 11.9 Å². The number of nitro benzene ring substituents is 1. The molecule has 0 saturated heterocycles. The van der Waals surface area contributed by atoms with Gasteiger partial charge in [-0.05, 0) is 31.0 Å². The number of nitrogens with one attached hydrogen (secondary N) is 1. The minimum absolute atomic E-state index is 0.0155. The van der Waals surface area contributed by atoms with E-state index in [1.54, 1.807) is 6.07 Å². The number of rotatable bonds is 6. The van der Waals surface area contributed by atoms with Crippen LogP contribution in [0.15, 0.2) is 18.2 Å². The second kappa shape index (κ2) is 6.17. The summed E-state index contributed by atoms with van der Waals surface area (Å²) in [6.07, 6.45) is 0.501. The Hall–Kier alpha value is -1.66. The normalized spacial score (nSPS) is 12.2. The van der Waals surface area contributed by atoms with Gasteiger partial charge in [0.15, 0.2) is 0 Å². The largest absolute Gasteiger partial charge is 0.396 e. The van der Waals surface area contributed by atoms with Crippen LogP contribution in [0.3, 0.4) is 0 Å². The van der Waals surface area contributed by atoms with E-state index >= 15 is 0 Å². The van der Waals surface area contributed by atoms with E-state index in [0.29, 0.717) is 17.7 Å². The molecule has 0 spiro atoms. The van der Waals surface area contributed by atoms with Crippen LogP contribution < -0.4 is 5.32 Å². The zero-order chi connectivity index (χ0) is 12.8. The zero-order valence-electron chi connectivity index (χ0n) is 9.59. The highest BCUT2D eigenvalue weighted by atomic mass is 16.6. The van der Waals surface area contributed by atoms with Crippen molar-refractivity contribution in [2.24, 2.45) is 0 Å². The van der Waals surface area contributed by atoms with Crippen LogP contribution >= 0.6 is 0 Å². The Kier molecular flexibility index (Phi) is 4.86. The van der Waals surface area contributed by atoms with Gasteiger partial charge in [-0.1, -0.05) is 0 Å². The van der Waals surface area contributed by atoms with Gasteiger partial charge in [-0.25, -0.2) is 0 Å². The van der Waals surface area contributed by atoms with Crippen LogP contribution in [0.1, 0.15) is 18.9 Å². The lowest BCUT2D eigenvalue weighted by Gasteiger charge is -2.14. The molecule has 1 aromatic rings. The van der Waals surface area contributed by atoms with Crippen molar-refractivity contribution in [2.45, 2.75) is 26.0 Å². The van der Waals surface area contributed by atoms with Crippen LogP contribution in [0, 0.1) is 10.1 Å². The number of nitro groups is 1. The quantitative estimate of drug-likeness (QED) is 0.514. The van der Waals surface area contributed by atoms with E-state index in [1.165, 1.54) is 12.1 Å². The van der Waals surface area contributed by atoms with Gasteiger partial charge in [0.05, 0.1) is 11.5 Å². The van der Waals surface area contributed by atoms with E-state index in [4.69, 9.17) is 10.2 Å². The fraction of sp³-hybridized carbons (Fsp3) is 0.455. The molecule has 1 rings (SSSR count). The first-order valence-corrected chi connectivity index (χ1v) is 5.34. The van der Waals surface area contributed by atoms with Crippen molar-refractivity contribution >= 4 is 11.4 Å². The Morgan fingerprint density at radius 1 is 1.47 bits per heavy atom. The highest BCUT2D eigenvalue weighted by Crippen LogP contribution is 2.26. The molecular weight excluding hydrogens is 224 g/mol. The topological polar surface area (TPSA) is 95.6 Å². The smallest absolute Gasteiger partial charge is 0.292 e. The van der Waals surface area contributed by atoms with Gasteiger partial charge >= 0.3 is 0 Å². The Bertz CT molecular complexity index is 395. The molecule has 0 fully saturated rings. The van der Waals surface area contributed by atoms with E-state index in [-0.39, 0.29) is 24.9 Å². The predicted molar refractivity (Wildman–Crippen MR) is 63.8 cm³/mol. The van der Waals surface area contributed by atoms with Gasteiger partial charge in [-0.2, -0.15) is 0 Å². The van der Waals surface area contributed by atoms with Gasteiger partial charge in [-0.3, -0.25) is 10.1 Å². The lowest BCUT2D eigenvalue weighted by atomic mass is 10.1. The zero-order valence-corrected chi connectivity index (χ0v) is 9.59. The molecule has 3 N–H and O–H groups in total. The third-order valence-corrected chi connectivity index (χ3v) is 2.40. The number of nitrogens with zero attached hydrogens (tertiary/aromatic N) is 1. The molecule has 0 amide bonds. The second-order valence-corrected chi connectivity index (χ2v) is 3.82.